The maximum atomic E-state index is 11.5. The SMILES string of the molecule is C=C[Si](C(C)C(N)=O)(C(C)C(N)=O)C(C)C(N)=O. The Balaban J connectivity index is 5.91. The average Bonchev–Trinajstić information content (AvgIpc) is 2.29. The number of carbonyl (C=O) groups excluding carboxylic acids is 3. The van der Waals surface area contributed by atoms with E-state index in [0.717, 1.165) is 0 Å². The summed E-state index contributed by atoms with van der Waals surface area (Å²) in [6, 6.07) is 0. The summed E-state index contributed by atoms with van der Waals surface area (Å²) >= 11 is 0. The van der Waals surface area contributed by atoms with Crippen molar-refractivity contribution in [2.45, 2.75) is 37.4 Å². The van der Waals surface area contributed by atoms with Crippen LogP contribution < -0.4 is 17.2 Å². The lowest BCUT2D eigenvalue weighted by Gasteiger charge is -2.40. The lowest BCUT2D eigenvalue weighted by molar-refractivity contribution is -0.118. The zero-order chi connectivity index (χ0) is 14.7. The molecule has 6 N–H and O–H groups in total. The van der Waals surface area contributed by atoms with E-state index in [1.54, 1.807) is 20.8 Å². The van der Waals surface area contributed by atoms with Crippen LogP contribution in [0.1, 0.15) is 20.8 Å². The molecule has 0 radical (unpaired) electrons. The highest BCUT2D eigenvalue weighted by molar-refractivity contribution is 6.94. The van der Waals surface area contributed by atoms with Crippen molar-refractivity contribution in [3.05, 3.63) is 12.3 Å². The van der Waals surface area contributed by atoms with Gasteiger partial charge in [0, 0.05) is 16.6 Å². The van der Waals surface area contributed by atoms with Gasteiger partial charge in [-0.3, -0.25) is 14.4 Å². The first-order chi connectivity index (χ1) is 8.12. The second-order valence-corrected chi connectivity index (χ2v) is 9.58. The number of hydrogen-bond donors (Lipinski definition) is 3. The molecule has 0 aromatic rings. The first-order valence-corrected chi connectivity index (χ1v) is 7.95. The van der Waals surface area contributed by atoms with Crippen molar-refractivity contribution in [3.8, 4) is 0 Å². The molecule has 0 heterocycles. The van der Waals surface area contributed by atoms with Crippen LogP contribution in [0.25, 0.3) is 0 Å². The molecule has 3 amide bonds. The molecule has 6 nitrogen and oxygen atoms in total. The molecule has 3 unspecified atom stereocenters. The molecular formula is C11H21N3O3Si. The van der Waals surface area contributed by atoms with E-state index in [1.807, 2.05) is 0 Å². The second kappa shape index (κ2) is 5.81. The third kappa shape index (κ3) is 2.61. The molecule has 7 heteroatoms. The molecule has 0 saturated carbocycles. The summed E-state index contributed by atoms with van der Waals surface area (Å²) in [5.41, 5.74) is 15.5. The Bertz CT molecular complexity index is 333. The van der Waals surface area contributed by atoms with Crippen molar-refractivity contribution in [1.29, 1.82) is 0 Å². The summed E-state index contributed by atoms with van der Waals surface area (Å²) in [5.74, 6) is -1.74. The van der Waals surface area contributed by atoms with E-state index in [1.165, 1.54) is 5.70 Å². The van der Waals surface area contributed by atoms with Crippen molar-refractivity contribution in [2.24, 2.45) is 17.2 Å². The molecule has 0 saturated heterocycles. The van der Waals surface area contributed by atoms with Gasteiger partial charge in [-0.2, -0.15) is 0 Å². The third-order valence-electron chi connectivity index (χ3n) is 3.88. The molecule has 18 heavy (non-hydrogen) atoms. The van der Waals surface area contributed by atoms with Crippen LogP contribution in [0.2, 0.25) is 16.6 Å². The largest absolute Gasteiger partial charge is 0.370 e. The Morgan fingerprint density at radius 1 is 0.889 bits per heavy atom. The fourth-order valence-corrected chi connectivity index (χ4v) is 7.18. The van der Waals surface area contributed by atoms with Gasteiger partial charge in [0.2, 0.25) is 17.7 Å². The van der Waals surface area contributed by atoms with Crippen LogP contribution in [0.4, 0.5) is 0 Å². The molecule has 0 bridgehead atoms. The predicted molar refractivity (Wildman–Crippen MR) is 71.8 cm³/mol. The van der Waals surface area contributed by atoms with Crippen LogP contribution in [-0.4, -0.2) is 25.8 Å². The molecule has 102 valence electrons. The number of rotatable bonds is 7. The first kappa shape index (κ1) is 16.4. The maximum Gasteiger partial charge on any atom is 0.217 e. The van der Waals surface area contributed by atoms with E-state index >= 15 is 0 Å². The van der Waals surface area contributed by atoms with E-state index in [9.17, 15) is 14.4 Å². The predicted octanol–water partition coefficient (Wildman–Crippen LogP) is -0.213. The van der Waals surface area contributed by atoms with Crippen LogP contribution in [0.15, 0.2) is 12.3 Å². The number of nitrogens with two attached hydrogens (primary N) is 3. The van der Waals surface area contributed by atoms with Crippen LogP contribution in [0.5, 0.6) is 0 Å². The van der Waals surface area contributed by atoms with Gasteiger partial charge >= 0.3 is 0 Å². The van der Waals surface area contributed by atoms with Crippen molar-refractivity contribution in [1.82, 2.24) is 0 Å². The van der Waals surface area contributed by atoms with Gasteiger partial charge in [-0.15, -0.1) is 6.58 Å². The molecule has 0 spiro atoms. The van der Waals surface area contributed by atoms with E-state index in [0.29, 0.717) is 0 Å². The first-order valence-electron chi connectivity index (χ1n) is 5.64. The summed E-state index contributed by atoms with van der Waals surface area (Å²) in [6.45, 7) is 8.46. The van der Waals surface area contributed by atoms with Gasteiger partial charge in [-0.1, -0.05) is 26.5 Å². The van der Waals surface area contributed by atoms with E-state index < -0.39 is 42.4 Å². The molecular weight excluding hydrogens is 250 g/mol. The highest BCUT2D eigenvalue weighted by Crippen LogP contribution is 2.42. The van der Waals surface area contributed by atoms with Crippen molar-refractivity contribution in [3.63, 3.8) is 0 Å². The number of hydrogen-bond acceptors (Lipinski definition) is 3. The Hall–Kier alpha value is -1.63. The topological polar surface area (TPSA) is 129 Å². The zero-order valence-corrected chi connectivity index (χ0v) is 12.0. The Morgan fingerprint density at radius 3 is 1.22 bits per heavy atom. The minimum Gasteiger partial charge on any atom is -0.370 e. The van der Waals surface area contributed by atoms with Gasteiger partial charge in [-0.05, 0) is 0 Å². The monoisotopic (exact) mass is 271 g/mol. The van der Waals surface area contributed by atoms with Gasteiger partial charge in [0.25, 0.3) is 0 Å². The van der Waals surface area contributed by atoms with Gasteiger partial charge in [0.15, 0.2) is 0 Å². The molecule has 0 fully saturated rings. The number of primary amides is 3. The fourth-order valence-electron chi connectivity index (χ4n) is 2.39. The summed E-state index contributed by atoms with van der Waals surface area (Å²) in [4.78, 5) is 34.4. The van der Waals surface area contributed by atoms with Crippen molar-refractivity contribution < 1.29 is 14.4 Å². The van der Waals surface area contributed by atoms with E-state index in [4.69, 9.17) is 17.2 Å². The Morgan fingerprint density at radius 2 is 1.11 bits per heavy atom. The van der Waals surface area contributed by atoms with E-state index in [2.05, 4.69) is 6.58 Å². The number of carbonyl (C=O) groups is 3. The molecule has 0 rings (SSSR count). The summed E-state index contributed by atoms with van der Waals surface area (Å²) in [7, 11) is -2.93. The van der Waals surface area contributed by atoms with Crippen LogP contribution in [0.3, 0.4) is 0 Å². The summed E-state index contributed by atoms with van der Waals surface area (Å²) in [5, 5.41) is 0. The highest BCUT2D eigenvalue weighted by Gasteiger charge is 2.52. The van der Waals surface area contributed by atoms with Gasteiger partial charge < -0.3 is 17.2 Å². The highest BCUT2D eigenvalue weighted by atomic mass is 28.3. The van der Waals surface area contributed by atoms with Gasteiger partial charge in [-0.25, -0.2) is 0 Å². The van der Waals surface area contributed by atoms with Gasteiger partial charge in [0.1, 0.15) is 8.07 Å². The van der Waals surface area contributed by atoms with Crippen LogP contribution in [-0.2, 0) is 14.4 Å². The smallest absolute Gasteiger partial charge is 0.217 e. The molecule has 0 aliphatic heterocycles. The second-order valence-electron chi connectivity index (χ2n) is 4.58. The molecule has 0 aromatic heterocycles. The minimum atomic E-state index is -2.93. The van der Waals surface area contributed by atoms with Crippen molar-refractivity contribution >= 4 is 25.8 Å². The number of amides is 3. The normalized spacial score (nSPS) is 19.1. The minimum absolute atomic E-state index is 0.581. The molecule has 0 aliphatic carbocycles. The fraction of sp³-hybridized carbons (Fsp3) is 0.545. The Labute approximate surface area is 108 Å². The lowest BCUT2D eigenvalue weighted by Crippen LogP contribution is -2.55. The summed E-state index contributed by atoms with van der Waals surface area (Å²) in [6.07, 6.45) is 0. The molecule has 0 aliphatic rings. The molecule has 3 atom stereocenters. The Kier molecular flexibility index (Phi) is 5.28. The van der Waals surface area contributed by atoms with E-state index in [-0.39, 0.29) is 0 Å². The summed E-state index contributed by atoms with van der Waals surface area (Å²) < 4.78 is 0. The quantitative estimate of drug-likeness (QED) is 0.554. The van der Waals surface area contributed by atoms with Gasteiger partial charge in [0.05, 0.1) is 0 Å². The molecule has 0 aromatic carbocycles. The third-order valence-corrected chi connectivity index (χ3v) is 9.94. The van der Waals surface area contributed by atoms with Crippen LogP contribution in [0, 0.1) is 0 Å². The lowest BCUT2D eigenvalue weighted by atomic mass is 10.4. The van der Waals surface area contributed by atoms with Crippen molar-refractivity contribution in [2.75, 3.05) is 0 Å². The zero-order valence-electron chi connectivity index (χ0n) is 11.0. The van der Waals surface area contributed by atoms with Crippen LogP contribution >= 0.6 is 0 Å². The maximum absolute atomic E-state index is 11.5. The average molecular weight is 271 g/mol. The standard InChI is InChI=1S/C11H21N3O3Si/c1-5-18(6(2)9(12)15,7(3)10(13)16)8(4)11(14)17/h5-8H,1H2,2-4H3,(H2,12,15)(H2,13,16)(H2,14,17).